The van der Waals surface area contributed by atoms with Gasteiger partial charge in [-0.25, -0.2) is 14.8 Å². The summed E-state index contributed by atoms with van der Waals surface area (Å²) in [4.78, 5) is 22.4. The normalized spacial score (nSPS) is 13.7. The molecule has 1 amide bonds. The number of ether oxygens (including phenoxy) is 1. The van der Waals surface area contributed by atoms with Crippen LogP contribution in [0.4, 0.5) is 4.79 Å². The molecule has 5 heteroatoms. The van der Waals surface area contributed by atoms with Gasteiger partial charge in [0.2, 0.25) is 0 Å². The molecule has 3 rings (SSSR count). The second-order valence-electron chi connectivity index (χ2n) is 5.10. The topological polar surface area (TPSA) is 55.3 Å². The summed E-state index contributed by atoms with van der Waals surface area (Å²) in [5, 5.41) is 0. The molecule has 0 N–H and O–H groups in total. The Balaban J connectivity index is 1.60. The molecular formula is C16H17N3O2. The van der Waals surface area contributed by atoms with E-state index in [0.29, 0.717) is 19.7 Å². The van der Waals surface area contributed by atoms with E-state index < -0.39 is 0 Å². The summed E-state index contributed by atoms with van der Waals surface area (Å²) in [5.41, 5.74) is 3.03. The van der Waals surface area contributed by atoms with E-state index in [-0.39, 0.29) is 6.09 Å². The predicted octanol–water partition coefficient (Wildman–Crippen LogP) is 2.48. The molecule has 1 aliphatic rings. The summed E-state index contributed by atoms with van der Waals surface area (Å²) in [6.45, 7) is 3.33. The lowest BCUT2D eigenvalue weighted by Gasteiger charge is -2.27. The maximum atomic E-state index is 12.1. The minimum Gasteiger partial charge on any atom is -0.445 e. The van der Waals surface area contributed by atoms with Crippen molar-refractivity contribution in [2.75, 3.05) is 6.54 Å². The van der Waals surface area contributed by atoms with E-state index in [1.807, 2.05) is 37.3 Å². The van der Waals surface area contributed by atoms with E-state index >= 15 is 0 Å². The Labute approximate surface area is 123 Å². The molecule has 21 heavy (non-hydrogen) atoms. The fraction of sp³-hybridized carbons (Fsp3) is 0.312. The summed E-state index contributed by atoms with van der Waals surface area (Å²) in [7, 11) is 0. The minimum atomic E-state index is -0.287. The zero-order valence-electron chi connectivity index (χ0n) is 12.0. The van der Waals surface area contributed by atoms with Gasteiger partial charge in [0.05, 0.1) is 12.2 Å². The van der Waals surface area contributed by atoms with Crippen LogP contribution in [-0.4, -0.2) is 27.5 Å². The van der Waals surface area contributed by atoms with Crippen LogP contribution in [0.15, 0.2) is 36.5 Å². The second-order valence-corrected chi connectivity index (χ2v) is 5.10. The number of carbonyl (C=O) groups is 1. The second kappa shape index (κ2) is 5.91. The van der Waals surface area contributed by atoms with Crippen molar-refractivity contribution in [2.45, 2.75) is 26.5 Å². The highest BCUT2D eigenvalue weighted by Crippen LogP contribution is 2.17. The molecule has 0 aliphatic carbocycles. The molecule has 2 aromatic rings. The van der Waals surface area contributed by atoms with Crippen molar-refractivity contribution >= 4 is 6.09 Å². The number of nitrogens with zero attached hydrogens (tertiary/aromatic N) is 3. The molecule has 1 aliphatic heterocycles. The first-order valence-corrected chi connectivity index (χ1v) is 6.99. The lowest BCUT2D eigenvalue weighted by atomic mass is 10.1. The number of aromatic nitrogens is 2. The standard InChI is InChI=1S/C16H17N3O2/c1-12-17-9-14-10-19(8-7-15(14)18-12)16(20)21-11-13-5-3-2-4-6-13/h2-6,9H,7-8,10-11H2,1H3. The summed E-state index contributed by atoms with van der Waals surface area (Å²) in [5.74, 6) is 0.772. The van der Waals surface area contributed by atoms with Crippen molar-refractivity contribution in [2.24, 2.45) is 0 Å². The molecule has 5 nitrogen and oxygen atoms in total. The number of rotatable bonds is 2. The van der Waals surface area contributed by atoms with Gasteiger partial charge >= 0.3 is 6.09 Å². The van der Waals surface area contributed by atoms with Gasteiger partial charge in [-0.15, -0.1) is 0 Å². The molecule has 0 atom stereocenters. The molecule has 108 valence electrons. The van der Waals surface area contributed by atoms with Crippen LogP contribution in [0.1, 0.15) is 22.6 Å². The molecule has 0 bridgehead atoms. The summed E-state index contributed by atoms with van der Waals surface area (Å²) < 4.78 is 5.35. The van der Waals surface area contributed by atoms with Gasteiger partial charge in [-0.05, 0) is 12.5 Å². The van der Waals surface area contributed by atoms with Crippen molar-refractivity contribution in [1.82, 2.24) is 14.9 Å². The van der Waals surface area contributed by atoms with E-state index in [2.05, 4.69) is 9.97 Å². The highest BCUT2D eigenvalue weighted by molar-refractivity contribution is 5.68. The largest absolute Gasteiger partial charge is 0.445 e. The lowest BCUT2D eigenvalue weighted by molar-refractivity contribution is 0.0915. The van der Waals surface area contributed by atoms with E-state index in [4.69, 9.17) is 4.74 Å². The van der Waals surface area contributed by atoms with Crippen LogP contribution in [0.2, 0.25) is 0 Å². The fourth-order valence-electron chi connectivity index (χ4n) is 2.38. The third-order valence-corrected chi connectivity index (χ3v) is 3.52. The van der Waals surface area contributed by atoms with Gasteiger partial charge in [0.1, 0.15) is 12.4 Å². The Kier molecular flexibility index (Phi) is 3.81. The van der Waals surface area contributed by atoms with E-state index in [1.165, 1.54) is 0 Å². The Hall–Kier alpha value is -2.43. The van der Waals surface area contributed by atoms with Gasteiger partial charge in [-0.2, -0.15) is 0 Å². The molecule has 1 aromatic carbocycles. The quantitative estimate of drug-likeness (QED) is 0.849. The van der Waals surface area contributed by atoms with Gasteiger partial charge in [0.15, 0.2) is 0 Å². The third-order valence-electron chi connectivity index (χ3n) is 3.52. The fourth-order valence-corrected chi connectivity index (χ4v) is 2.38. The zero-order valence-corrected chi connectivity index (χ0v) is 12.0. The number of aryl methyl sites for hydroxylation is 1. The van der Waals surface area contributed by atoms with Gasteiger partial charge < -0.3 is 9.64 Å². The Bertz CT molecular complexity index is 643. The number of fused-ring (bicyclic) bond motifs is 1. The van der Waals surface area contributed by atoms with Crippen molar-refractivity contribution in [3.8, 4) is 0 Å². The number of carbonyl (C=O) groups excluding carboxylic acids is 1. The monoisotopic (exact) mass is 283 g/mol. The van der Waals surface area contributed by atoms with E-state index in [9.17, 15) is 4.79 Å². The third kappa shape index (κ3) is 3.18. The van der Waals surface area contributed by atoms with Crippen LogP contribution in [0.5, 0.6) is 0 Å². The minimum absolute atomic E-state index is 0.287. The Morgan fingerprint density at radius 3 is 2.95 bits per heavy atom. The smallest absolute Gasteiger partial charge is 0.410 e. The maximum Gasteiger partial charge on any atom is 0.410 e. The van der Waals surface area contributed by atoms with Crippen LogP contribution >= 0.6 is 0 Å². The predicted molar refractivity (Wildman–Crippen MR) is 77.5 cm³/mol. The summed E-state index contributed by atoms with van der Waals surface area (Å²) >= 11 is 0. The molecule has 0 unspecified atom stereocenters. The van der Waals surface area contributed by atoms with Gasteiger partial charge in [0.25, 0.3) is 0 Å². The number of benzene rings is 1. The van der Waals surface area contributed by atoms with Crippen molar-refractivity contribution in [3.63, 3.8) is 0 Å². The SMILES string of the molecule is Cc1ncc2c(n1)CCN(C(=O)OCc1ccccc1)C2. The molecule has 0 saturated carbocycles. The van der Waals surface area contributed by atoms with Crippen LogP contribution in [0, 0.1) is 6.92 Å². The molecular weight excluding hydrogens is 266 g/mol. The van der Waals surface area contributed by atoms with E-state index in [0.717, 1.165) is 29.1 Å². The highest BCUT2D eigenvalue weighted by Gasteiger charge is 2.23. The first kappa shape index (κ1) is 13.5. The summed E-state index contributed by atoms with van der Waals surface area (Å²) in [6, 6.07) is 9.68. The number of amides is 1. The van der Waals surface area contributed by atoms with Crippen LogP contribution in [0.25, 0.3) is 0 Å². The molecule has 0 fully saturated rings. The first-order chi connectivity index (χ1) is 10.2. The Morgan fingerprint density at radius 2 is 2.14 bits per heavy atom. The van der Waals surface area contributed by atoms with Crippen molar-refractivity contribution in [1.29, 1.82) is 0 Å². The molecule has 0 saturated heterocycles. The van der Waals surface area contributed by atoms with Gasteiger partial charge in [-0.1, -0.05) is 30.3 Å². The van der Waals surface area contributed by atoms with Crippen molar-refractivity contribution < 1.29 is 9.53 Å². The van der Waals surface area contributed by atoms with Gasteiger partial charge in [0, 0.05) is 24.7 Å². The van der Waals surface area contributed by atoms with Crippen LogP contribution < -0.4 is 0 Å². The number of hydrogen-bond acceptors (Lipinski definition) is 4. The van der Waals surface area contributed by atoms with Gasteiger partial charge in [-0.3, -0.25) is 0 Å². The Morgan fingerprint density at radius 1 is 1.33 bits per heavy atom. The summed E-state index contributed by atoms with van der Waals surface area (Å²) in [6.07, 6.45) is 2.26. The zero-order chi connectivity index (χ0) is 14.7. The molecule has 1 aromatic heterocycles. The number of hydrogen-bond donors (Lipinski definition) is 0. The average molecular weight is 283 g/mol. The lowest BCUT2D eigenvalue weighted by Crippen LogP contribution is -2.36. The maximum absolute atomic E-state index is 12.1. The van der Waals surface area contributed by atoms with Crippen molar-refractivity contribution in [3.05, 3.63) is 59.2 Å². The highest BCUT2D eigenvalue weighted by atomic mass is 16.6. The van der Waals surface area contributed by atoms with Crippen LogP contribution in [-0.2, 0) is 24.3 Å². The average Bonchev–Trinajstić information content (AvgIpc) is 2.53. The first-order valence-electron chi connectivity index (χ1n) is 6.99. The van der Waals surface area contributed by atoms with Crippen LogP contribution in [0.3, 0.4) is 0 Å². The molecule has 0 spiro atoms. The van der Waals surface area contributed by atoms with E-state index in [1.54, 1.807) is 11.1 Å². The molecule has 0 radical (unpaired) electrons. The molecule has 2 heterocycles.